The van der Waals surface area contributed by atoms with Crippen molar-refractivity contribution in [2.24, 2.45) is 0 Å². The Balaban J connectivity index is 1.75. The number of rotatable bonds is 2. The lowest BCUT2D eigenvalue weighted by molar-refractivity contribution is -0.919. The molecule has 0 spiro atoms. The maximum Gasteiger partial charge on any atom is 0.193 e. The zero-order valence-electron chi connectivity index (χ0n) is 11.4. The lowest BCUT2D eigenvalue weighted by atomic mass is 10.1. The largest absolute Gasteiger partial charge is 0.329 e. The summed E-state index contributed by atoms with van der Waals surface area (Å²) in [7, 11) is 0. The first kappa shape index (κ1) is 11.8. The van der Waals surface area contributed by atoms with Gasteiger partial charge in [0.05, 0.1) is 18.6 Å². The first-order valence-corrected chi connectivity index (χ1v) is 7.33. The zero-order valence-corrected chi connectivity index (χ0v) is 11.4. The van der Waals surface area contributed by atoms with E-state index in [4.69, 9.17) is 0 Å². The van der Waals surface area contributed by atoms with Crippen molar-refractivity contribution in [3.63, 3.8) is 0 Å². The summed E-state index contributed by atoms with van der Waals surface area (Å²) in [6.07, 6.45) is 5.88. The topological polar surface area (TPSA) is 47.5 Å². The van der Waals surface area contributed by atoms with E-state index in [0.717, 1.165) is 28.9 Å². The molecule has 3 heterocycles. The summed E-state index contributed by atoms with van der Waals surface area (Å²) in [4.78, 5) is 6.12. The van der Waals surface area contributed by atoms with E-state index in [9.17, 15) is 0 Å². The molecular formula is C15H18N5+. The second-order valence-corrected chi connectivity index (χ2v) is 5.56. The van der Waals surface area contributed by atoms with Crippen LogP contribution in [0, 0.1) is 0 Å². The van der Waals surface area contributed by atoms with E-state index in [0.29, 0.717) is 0 Å². The first-order valence-electron chi connectivity index (χ1n) is 7.33. The summed E-state index contributed by atoms with van der Waals surface area (Å²) in [5, 5.41) is 9.84. The molecular weight excluding hydrogens is 250 g/mol. The van der Waals surface area contributed by atoms with Gasteiger partial charge in [-0.2, -0.15) is 0 Å². The van der Waals surface area contributed by atoms with Crippen LogP contribution in [-0.4, -0.2) is 32.7 Å². The predicted molar refractivity (Wildman–Crippen MR) is 76.5 cm³/mol. The Morgan fingerprint density at radius 1 is 1.05 bits per heavy atom. The third kappa shape index (κ3) is 1.94. The Labute approximate surface area is 117 Å². The number of hydrogen-bond donors (Lipinski definition) is 1. The highest BCUT2D eigenvalue weighted by atomic mass is 15.3. The van der Waals surface area contributed by atoms with E-state index in [1.807, 2.05) is 28.9 Å². The van der Waals surface area contributed by atoms with Crippen molar-refractivity contribution in [1.29, 1.82) is 0 Å². The van der Waals surface area contributed by atoms with Crippen LogP contribution in [0.1, 0.15) is 25.1 Å². The molecule has 0 radical (unpaired) electrons. The van der Waals surface area contributed by atoms with Gasteiger partial charge in [-0.1, -0.05) is 12.1 Å². The Morgan fingerprint density at radius 3 is 2.80 bits per heavy atom. The number of nitrogens with zero attached hydrogens (tertiary/aromatic N) is 4. The smallest absolute Gasteiger partial charge is 0.193 e. The fraction of sp³-hybridized carbons (Fsp3) is 0.400. The molecule has 4 rings (SSSR count). The van der Waals surface area contributed by atoms with Crippen LogP contribution in [0.15, 0.2) is 30.6 Å². The summed E-state index contributed by atoms with van der Waals surface area (Å²) < 4.78 is 2.05. The maximum atomic E-state index is 4.51. The number of fused-ring (bicyclic) bond motifs is 3. The van der Waals surface area contributed by atoms with E-state index >= 15 is 0 Å². The fourth-order valence-electron chi connectivity index (χ4n) is 3.10. The molecule has 5 nitrogen and oxygen atoms in total. The molecule has 0 aliphatic carbocycles. The quantitative estimate of drug-likeness (QED) is 0.749. The molecule has 20 heavy (non-hydrogen) atoms. The number of nitrogens with one attached hydrogen (secondary N) is 1. The maximum absolute atomic E-state index is 4.51. The molecule has 102 valence electrons. The minimum atomic E-state index is 0.919. The molecule has 1 N–H and O–H groups in total. The van der Waals surface area contributed by atoms with Crippen molar-refractivity contribution in [2.45, 2.75) is 25.8 Å². The molecule has 1 saturated heterocycles. The monoisotopic (exact) mass is 268 g/mol. The van der Waals surface area contributed by atoms with Crippen LogP contribution in [0.4, 0.5) is 0 Å². The molecule has 0 atom stereocenters. The lowest BCUT2D eigenvalue weighted by Gasteiger charge is -2.22. The predicted octanol–water partition coefficient (Wildman–Crippen LogP) is 0.846. The van der Waals surface area contributed by atoms with Crippen LogP contribution in [0.25, 0.3) is 16.6 Å². The van der Waals surface area contributed by atoms with Crippen LogP contribution in [0.5, 0.6) is 0 Å². The second kappa shape index (κ2) is 4.83. The van der Waals surface area contributed by atoms with Gasteiger partial charge in [-0.15, -0.1) is 10.2 Å². The van der Waals surface area contributed by atoms with Gasteiger partial charge in [-0.3, -0.25) is 4.40 Å². The third-order valence-electron chi connectivity index (χ3n) is 4.19. The second-order valence-electron chi connectivity index (χ2n) is 5.56. The summed E-state index contributed by atoms with van der Waals surface area (Å²) in [5.41, 5.74) is 1.89. The van der Waals surface area contributed by atoms with Crippen molar-refractivity contribution in [3.8, 4) is 0 Å². The minimum absolute atomic E-state index is 0.919. The van der Waals surface area contributed by atoms with Gasteiger partial charge in [0, 0.05) is 5.39 Å². The SMILES string of the molecule is c1ccc2c(c1)ncn1c(C[NH+]3CCCCC3)nnc21. The van der Waals surface area contributed by atoms with Gasteiger partial charge >= 0.3 is 0 Å². The molecule has 1 aromatic carbocycles. The van der Waals surface area contributed by atoms with Crippen LogP contribution in [0.2, 0.25) is 0 Å². The van der Waals surface area contributed by atoms with Crippen molar-refractivity contribution in [1.82, 2.24) is 19.6 Å². The molecule has 1 fully saturated rings. The third-order valence-corrected chi connectivity index (χ3v) is 4.19. The van der Waals surface area contributed by atoms with Crippen LogP contribution in [-0.2, 0) is 6.54 Å². The van der Waals surface area contributed by atoms with Crippen LogP contribution < -0.4 is 4.90 Å². The number of piperidine rings is 1. The molecule has 3 aromatic rings. The molecule has 0 bridgehead atoms. The highest BCUT2D eigenvalue weighted by Crippen LogP contribution is 2.16. The Kier molecular flexibility index (Phi) is 2.85. The molecule has 1 aliphatic rings. The van der Waals surface area contributed by atoms with Gasteiger partial charge in [0.1, 0.15) is 12.9 Å². The average Bonchev–Trinajstić information content (AvgIpc) is 2.92. The molecule has 0 unspecified atom stereocenters. The summed E-state index contributed by atoms with van der Waals surface area (Å²) >= 11 is 0. The van der Waals surface area contributed by atoms with Gasteiger partial charge in [-0.05, 0) is 31.4 Å². The van der Waals surface area contributed by atoms with Crippen molar-refractivity contribution < 1.29 is 4.90 Å². The highest BCUT2D eigenvalue weighted by molar-refractivity contribution is 5.90. The number of benzene rings is 1. The Bertz CT molecular complexity index is 742. The average molecular weight is 268 g/mol. The molecule has 0 saturated carbocycles. The Morgan fingerprint density at radius 2 is 1.90 bits per heavy atom. The number of para-hydroxylation sites is 1. The minimum Gasteiger partial charge on any atom is -0.329 e. The lowest BCUT2D eigenvalue weighted by Crippen LogP contribution is -3.11. The van der Waals surface area contributed by atoms with E-state index in [-0.39, 0.29) is 0 Å². The normalized spacial score (nSPS) is 17.0. The van der Waals surface area contributed by atoms with Crippen molar-refractivity contribution in [3.05, 3.63) is 36.4 Å². The fourth-order valence-corrected chi connectivity index (χ4v) is 3.10. The van der Waals surface area contributed by atoms with Gasteiger partial charge in [0.15, 0.2) is 11.5 Å². The van der Waals surface area contributed by atoms with Gasteiger partial charge in [-0.25, -0.2) is 4.98 Å². The molecule has 5 heteroatoms. The standard InChI is InChI=1S/C15H17N5/c1-4-8-19(9-5-1)10-14-17-18-15-12-6-2-3-7-13(12)16-11-20(14)15/h2-3,6-7,11H,1,4-5,8-10H2/p+1. The molecule has 2 aromatic heterocycles. The van der Waals surface area contributed by atoms with Gasteiger partial charge < -0.3 is 4.90 Å². The first-order chi connectivity index (χ1) is 9.92. The summed E-state index contributed by atoms with van der Waals surface area (Å²) in [6, 6.07) is 8.10. The van der Waals surface area contributed by atoms with E-state index in [2.05, 4.69) is 21.2 Å². The van der Waals surface area contributed by atoms with E-state index in [1.54, 1.807) is 4.90 Å². The summed E-state index contributed by atoms with van der Waals surface area (Å²) in [6.45, 7) is 3.44. The van der Waals surface area contributed by atoms with Crippen molar-refractivity contribution >= 4 is 16.6 Å². The highest BCUT2D eigenvalue weighted by Gasteiger charge is 2.18. The number of likely N-dealkylation sites (tertiary alicyclic amines) is 1. The Hall–Kier alpha value is -2.01. The van der Waals surface area contributed by atoms with Crippen LogP contribution >= 0.6 is 0 Å². The van der Waals surface area contributed by atoms with Crippen LogP contribution in [0.3, 0.4) is 0 Å². The molecule has 0 amide bonds. The van der Waals surface area contributed by atoms with Crippen molar-refractivity contribution in [2.75, 3.05) is 13.1 Å². The van der Waals surface area contributed by atoms with E-state index < -0.39 is 0 Å². The summed E-state index contributed by atoms with van der Waals surface area (Å²) in [5.74, 6) is 1.02. The number of quaternary nitrogens is 1. The number of hydrogen-bond acceptors (Lipinski definition) is 3. The number of aromatic nitrogens is 4. The van der Waals surface area contributed by atoms with Gasteiger partial charge in [0.2, 0.25) is 0 Å². The zero-order chi connectivity index (χ0) is 13.4. The van der Waals surface area contributed by atoms with E-state index in [1.165, 1.54) is 32.4 Å². The van der Waals surface area contributed by atoms with Gasteiger partial charge in [0.25, 0.3) is 0 Å². The molecule has 1 aliphatic heterocycles.